The van der Waals surface area contributed by atoms with E-state index in [4.69, 9.17) is 14.5 Å². The second kappa shape index (κ2) is 9.41. The van der Waals surface area contributed by atoms with Crippen molar-refractivity contribution in [3.05, 3.63) is 42.1 Å². The molecule has 0 saturated carbocycles. The van der Waals surface area contributed by atoms with Crippen LogP contribution in [0.25, 0.3) is 10.9 Å². The first kappa shape index (κ1) is 24.8. The van der Waals surface area contributed by atoms with Crippen molar-refractivity contribution >= 4 is 22.7 Å². The summed E-state index contributed by atoms with van der Waals surface area (Å²) in [6, 6.07) is 12.2. The van der Waals surface area contributed by atoms with Crippen LogP contribution in [-0.4, -0.2) is 34.5 Å². The monoisotopic (exact) mass is 465 g/mol. The highest BCUT2D eigenvalue weighted by Crippen LogP contribution is 2.58. The molecule has 5 heteroatoms. The summed E-state index contributed by atoms with van der Waals surface area (Å²) in [7, 11) is 0. The average Bonchev–Trinajstić information content (AvgIpc) is 3.36. The summed E-state index contributed by atoms with van der Waals surface area (Å²) in [5.41, 5.74) is 0.574. The molecule has 2 aliphatic rings. The molecule has 4 unspecified atom stereocenters. The van der Waals surface area contributed by atoms with Crippen molar-refractivity contribution in [2.24, 2.45) is 11.3 Å². The number of ketones is 1. The van der Waals surface area contributed by atoms with Gasteiger partial charge in [-0.1, -0.05) is 57.9 Å². The molecular formula is C29H39NO4. The molecule has 2 aliphatic heterocycles. The van der Waals surface area contributed by atoms with E-state index in [2.05, 4.69) is 32.9 Å². The van der Waals surface area contributed by atoms with Crippen LogP contribution < -0.4 is 0 Å². The minimum atomic E-state index is -0.515. The van der Waals surface area contributed by atoms with Crippen LogP contribution in [0.3, 0.4) is 0 Å². The lowest BCUT2D eigenvalue weighted by molar-refractivity contribution is -0.145. The number of esters is 1. The number of nitrogens with zero attached hydrogens (tertiary/aromatic N) is 1. The second-order valence-electron chi connectivity index (χ2n) is 11.4. The number of carbonyl (C=O) groups is 2. The Morgan fingerprint density at radius 2 is 1.71 bits per heavy atom. The predicted octanol–water partition coefficient (Wildman–Crippen LogP) is 6.38. The molecule has 2 aromatic rings. The Labute approximate surface area is 203 Å². The summed E-state index contributed by atoms with van der Waals surface area (Å²) in [6.45, 7) is 10.7. The minimum absolute atomic E-state index is 0.161. The molecule has 0 spiro atoms. The van der Waals surface area contributed by atoms with Crippen molar-refractivity contribution in [1.29, 1.82) is 0 Å². The van der Waals surface area contributed by atoms with Crippen LogP contribution in [0.15, 0.2) is 36.4 Å². The summed E-state index contributed by atoms with van der Waals surface area (Å²) >= 11 is 0. The number of Topliss-reactive ketones (excluding diaryl/α,β-unsaturated/α-hetero) is 1. The molecule has 34 heavy (non-hydrogen) atoms. The summed E-state index contributed by atoms with van der Waals surface area (Å²) in [4.78, 5) is 30.5. The molecule has 1 aromatic heterocycles. The van der Waals surface area contributed by atoms with Crippen LogP contribution in [0.2, 0.25) is 0 Å². The summed E-state index contributed by atoms with van der Waals surface area (Å²) in [5, 5.41) is 1.09. The Kier molecular flexibility index (Phi) is 6.87. The van der Waals surface area contributed by atoms with E-state index in [0.29, 0.717) is 18.8 Å². The largest absolute Gasteiger partial charge is 0.465 e. The van der Waals surface area contributed by atoms with Crippen LogP contribution >= 0.6 is 0 Å². The second-order valence-corrected chi connectivity index (χ2v) is 11.4. The Balaban J connectivity index is 1.60. The average molecular weight is 466 g/mol. The van der Waals surface area contributed by atoms with Crippen molar-refractivity contribution in [3.8, 4) is 0 Å². The molecule has 0 radical (unpaired) electrons. The molecule has 0 N–H and O–H groups in total. The molecule has 0 bridgehead atoms. The van der Waals surface area contributed by atoms with Crippen molar-refractivity contribution < 1.29 is 19.1 Å². The fourth-order valence-corrected chi connectivity index (χ4v) is 5.43. The van der Waals surface area contributed by atoms with E-state index in [1.165, 1.54) is 0 Å². The van der Waals surface area contributed by atoms with Crippen molar-refractivity contribution in [2.45, 2.75) is 96.7 Å². The van der Waals surface area contributed by atoms with E-state index < -0.39 is 11.0 Å². The van der Waals surface area contributed by atoms with E-state index in [0.717, 1.165) is 42.3 Å². The minimum Gasteiger partial charge on any atom is -0.465 e. The fraction of sp³-hybridized carbons (Fsp3) is 0.621. The Hall–Kier alpha value is -2.27. The quantitative estimate of drug-likeness (QED) is 0.361. The van der Waals surface area contributed by atoms with E-state index >= 15 is 0 Å². The van der Waals surface area contributed by atoms with Gasteiger partial charge < -0.3 is 9.47 Å². The van der Waals surface area contributed by atoms with Crippen molar-refractivity contribution in [1.82, 2.24) is 4.98 Å². The van der Waals surface area contributed by atoms with Crippen LogP contribution in [-0.2, 0) is 19.1 Å². The number of ether oxygens (including phenoxy) is 2. The number of benzene rings is 1. The number of fused-ring (bicyclic) bond motifs is 2. The Morgan fingerprint density at radius 3 is 2.50 bits per heavy atom. The number of hydrogen-bond acceptors (Lipinski definition) is 5. The molecule has 5 nitrogen and oxygen atoms in total. The zero-order valence-electron chi connectivity index (χ0n) is 21.4. The molecule has 0 amide bonds. The van der Waals surface area contributed by atoms with Crippen LogP contribution in [0.1, 0.15) is 91.2 Å². The molecule has 4 rings (SSSR count). The van der Waals surface area contributed by atoms with Gasteiger partial charge in [-0.05, 0) is 51.2 Å². The van der Waals surface area contributed by atoms with Gasteiger partial charge >= 0.3 is 5.97 Å². The van der Waals surface area contributed by atoms with Crippen LogP contribution in [0.5, 0.6) is 0 Å². The molecule has 184 valence electrons. The van der Waals surface area contributed by atoms with Gasteiger partial charge in [-0.3, -0.25) is 14.6 Å². The van der Waals surface area contributed by atoms with Gasteiger partial charge in [0.1, 0.15) is 18.0 Å². The number of carbonyl (C=O) groups excluding carboxylic acids is 2. The summed E-state index contributed by atoms with van der Waals surface area (Å²) in [6.07, 6.45) is 5.27. The number of pyridine rings is 1. The molecule has 2 saturated heterocycles. The maximum atomic E-state index is 12.8. The van der Waals surface area contributed by atoms with Gasteiger partial charge in [-0.2, -0.15) is 0 Å². The van der Waals surface area contributed by atoms with Crippen LogP contribution in [0.4, 0.5) is 0 Å². The lowest BCUT2D eigenvalue weighted by Crippen LogP contribution is -2.33. The highest BCUT2D eigenvalue weighted by Gasteiger charge is 2.67. The van der Waals surface area contributed by atoms with E-state index in [-0.39, 0.29) is 36.3 Å². The van der Waals surface area contributed by atoms with Gasteiger partial charge in [0, 0.05) is 23.6 Å². The first-order valence-electron chi connectivity index (χ1n) is 12.8. The predicted molar refractivity (Wildman–Crippen MR) is 134 cm³/mol. The number of aromatic nitrogens is 1. The molecular weight excluding hydrogens is 426 g/mol. The number of para-hydroxylation sites is 1. The van der Waals surface area contributed by atoms with Gasteiger partial charge in [0.05, 0.1) is 22.7 Å². The highest BCUT2D eigenvalue weighted by molar-refractivity contribution is 5.84. The molecule has 3 heterocycles. The fourth-order valence-electron chi connectivity index (χ4n) is 5.43. The summed E-state index contributed by atoms with van der Waals surface area (Å²) < 4.78 is 12.2. The maximum absolute atomic E-state index is 12.8. The van der Waals surface area contributed by atoms with Gasteiger partial charge in [0.15, 0.2) is 0 Å². The third-order valence-electron chi connectivity index (χ3n) is 8.42. The van der Waals surface area contributed by atoms with Gasteiger partial charge in [0.2, 0.25) is 0 Å². The normalized spacial score (nSPS) is 33.2. The number of epoxide rings is 1. The lowest BCUT2D eigenvalue weighted by Gasteiger charge is -2.26. The molecule has 2 fully saturated rings. The highest BCUT2D eigenvalue weighted by atomic mass is 16.6. The number of cyclic esters (lactones) is 1. The SMILES string of the molecule is CC1CCCC2(C)OC2(C)C(c2ccc3ccccc3n2)COC(=O)CCC(C)(C)C(=O)CC1. The molecule has 0 aliphatic carbocycles. The third kappa shape index (κ3) is 5.05. The van der Waals surface area contributed by atoms with E-state index in [1.54, 1.807) is 0 Å². The van der Waals surface area contributed by atoms with Crippen molar-refractivity contribution in [2.75, 3.05) is 6.61 Å². The molecule has 4 atom stereocenters. The van der Waals surface area contributed by atoms with Crippen molar-refractivity contribution in [3.63, 3.8) is 0 Å². The van der Waals surface area contributed by atoms with E-state index in [9.17, 15) is 9.59 Å². The van der Waals surface area contributed by atoms with E-state index in [1.807, 2.05) is 38.1 Å². The Morgan fingerprint density at radius 1 is 0.941 bits per heavy atom. The zero-order valence-corrected chi connectivity index (χ0v) is 21.4. The topological polar surface area (TPSA) is 68.8 Å². The summed E-state index contributed by atoms with van der Waals surface area (Å²) in [5.74, 6) is 0.302. The van der Waals surface area contributed by atoms with Crippen LogP contribution in [0, 0.1) is 11.3 Å². The molecule has 1 aromatic carbocycles. The first-order valence-corrected chi connectivity index (χ1v) is 12.8. The smallest absolute Gasteiger partial charge is 0.305 e. The zero-order chi connectivity index (χ0) is 24.6. The third-order valence-corrected chi connectivity index (χ3v) is 8.42. The number of rotatable bonds is 1. The van der Waals surface area contributed by atoms with Gasteiger partial charge in [-0.15, -0.1) is 0 Å². The maximum Gasteiger partial charge on any atom is 0.305 e. The van der Waals surface area contributed by atoms with Gasteiger partial charge in [0.25, 0.3) is 0 Å². The standard InChI is InChI=1S/C29H39NO4/c1-20-9-8-17-28(4)29(5,34-28)22(24-14-13-21-10-6-7-11-23(21)30-24)19-33-26(32)16-18-27(2,3)25(31)15-12-20/h6-7,10-11,13-14,20,22H,8-9,12,15-19H2,1-5H3. The Bertz CT molecular complexity index is 1060. The van der Waals surface area contributed by atoms with Gasteiger partial charge in [-0.25, -0.2) is 0 Å². The lowest BCUT2D eigenvalue weighted by atomic mass is 9.78. The number of hydrogen-bond donors (Lipinski definition) is 0. The first-order chi connectivity index (χ1) is 16.0.